The molecule has 0 radical (unpaired) electrons. The number of nitrogens with two attached hydrogens (primary N) is 1. The number of rotatable bonds is 2. The largest absolute Gasteiger partial charge is 0.388 e. The second-order valence-corrected chi connectivity index (χ2v) is 6.12. The van der Waals surface area contributed by atoms with Gasteiger partial charge in [0.15, 0.2) is 0 Å². The van der Waals surface area contributed by atoms with Crippen molar-refractivity contribution in [2.45, 2.75) is 40.0 Å². The fourth-order valence-electron chi connectivity index (χ4n) is 2.62. The van der Waals surface area contributed by atoms with Gasteiger partial charge in [-0.05, 0) is 47.9 Å². The third-order valence-electron chi connectivity index (χ3n) is 4.01. The van der Waals surface area contributed by atoms with E-state index in [2.05, 4.69) is 53.1 Å². The van der Waals surface area contributed by atoms with Crippen LogP contribution in [0.15, 0.2) is 37.0 Å². The molecule has 3 rings (SSSR count). The molecule has 1 aliphatic carbocycles. The lowest BCUT2D eigenvalue weighted by Crippen LogP contribution is -2.10. The Kier molecular flexibility index (Phi) is 9.00. The number of nitrogens with zero attached hydrogens (tertiary/aromatic N) is 2. The van der Waals surface area contributed by atoms with E-state index in [0.29, 0.717) is 17.1 Å². The van der Waals surface area contributed by atoms with Crippen LogP contribution in [-0.2, 0) is 12.8 Å². The zero-order valence-corrected chi connectivity index (χ0v) is 16.4. The van der Waals surface area contributed by atoms with Crippen molar-refractivity contribution >= 4 is 23.1 Å². The van der Waals surface area contributed by atoms with Gasteiger partial charge in [-0.2, -0.15) is 0 Å². The van der Waals surface area contributed by atoms with Gasteiger partial charge in [-0.1, -0.05) is 51.6 Å². The quantitative estimate of drug-likeness (QED) is 0.759. The summed E-state index contributed by atoms with van der Waals surface area (Å²) < 4.78 is 0. The van der Waals surface area contributed by atoms with Crippen molar-refractivity contribution in [3.05, 3.63) is 59.0 Å². The molecule has 0 amide bonds. The Balaban J connectivity index is 0.000000228. The standard InChI is InChI=1S/C11H14.C7H9ClN4.C2H6/c1-9-6-7-10-4-2-3-5-11(10)8-9;1-4(10-2)5-3-11-7(8)12-6(5)9;1-2/h2-5,9H,6-8H2,1H3;3,10H,1H2,2H3,(H2,9,11,12);1-2H3. The highest BCUT2D eigenvalue weighted by Gasteiger charge is 2.13. The van der Waals surface area contributed by atoms with E-state index in [1.54, 1.807) is 18.2 Å². The van der Waals surface area contributed by atoms with Gasteiger partial charge in [0.25, 0.3) is 0 Å². The Labute approximate surface area is 156 Å². The van der Waals surface area contributed by atoms with E-state index in [9.17, 15) is 0 Å². The second-order valence-electron chi connectivity index (χ2n) is 5.78. The van der Waals surface area contributed by atoms with Gasteiger partial charge in [-0.25, -0.2) is 9.97 Å². The Morgan fingerprint density at radius 1 is 1.28 bits per heavy atom. The molecule has 1 aromatic carbocycles. The molecule has 0 aliphatic heterocycles. The molecule has 2 aromatic rings. The third kappa shape index (κ3) is 6.39. The van der Waals surface area contributed by atoms with Gasteiger partial charge in [0, 0.05) is 18.9 Å². The van der Waals surface area contributed by atoms with Crippen LogP contribution in [-0.4, -0.2) is 17.0 Å². The smallest absolute Gasteiger partial charge is 0.224 e. The number of anilines is 1. The van der Waals surface area contributed by atoms with Crippen molar-refractivity contribution in [3.63, 3.8) is 0 Å². The number of fused-ring (bicyclic) bond motifs is 1. The van der Waals surface area contributed by atoms with E-state index in [1.165, 1.54) is 25.5 Å². The minimum Gasteiger partial charge on any atom is -0.388 e. The molecule has 1 heterocycles. The van der Waals surface area contributed by atoms with Gasteiger partial charge in [-0.3, -0.25) is 0 Å². The van der Waals surface area contributed by atoms with Gasteiger partial charge >= 0.3 is 0 Å². The Bertz CT molecular complexity index is 685. The molecule has 0 spiro atoms. The normalized spacial score (nSPS) is 14.8. The number of hydrogen-bond donors (Lipinski definition) is 2. The molecule has 1 unspecified atom stereocenters. The van der Waals surface area contributed by atoms with E-state index in [0.717, 1.165) is 5.92 Å². The molecule has 3 N–H and O–H groups in total. The molecule has 1 aromatic heterocycles. The van der Waals surface area contributed by atoms with Crippen LogP contribution in [0.1, 0.15) is 43.9 Å². The molecule has 1 atom stereocenters. The minimum atomic E-state index is 0.139. The van der Waals surface area contributed by atoms with Crippen LogP contribution in [0, 0.1) is 5.92 Å². The topological polar surface area (TPSA) is 63.8 Å². The van der Waals surface area contributed by atoms with Gasteiger partial charge in [0.2, 0.25) is 5.28 Å². The fraction of sp³-hybridized carbons (Fsp3) is 0.400. The number of nitrogen functional groups attached to an aromatic ring is 1. The first kappa shape index (κ1) is 21.0. The summed E-state index contributed by atoms with van der Waals surface area (Å²) in [5, 5.41) is 2.98. The third-order valence-corrected chi connectivity index (χ3v) is 4.19. The molecule has 0 saturated heterocycles. The van der Waals surface area contributed by atoms with E-state index < -0.39 is 0 Å². The van der Waals surface area contributed by atoms with Crippen LogP contribution in [0.2, 0.25) is 5.28 Å². The maximum absolute atomic E-state index is 5.56. The van der Waals surface area contributed by atoms with Gasteiger partial charge in [-0.15, -0.1) is 0 Å². The molecular weight excluding hydrogens is 332 g/mol. The molecule has 1 aliphatic rings. The predicted octanol–water partition coefficient (Wildman–Crippen LogP) is 4.74. The van der Waals surface area contributed by atoms with E-state index in [-0.39, 0.29) is 5.28 Å². The highest BCUT2D eigenvalue weighted by Crippen LogP contribution is 2.24. The number of halogens is 1. The molecule has 0 bridgehead atoms. The summed E-state index contributed by atoms with van der Waals surface area (Å²) in [6.07, 6.45) is 5.48. The second kappa shape index (κ2) is 10.7. The fourth-order valence-corrected chi connectivity index (χ4v) is 2.76. The van der Waals surface area contributed by atoms with Crippen molar-refractivity contribution in [3.8, 4) is 0 Å². The highest BCUT2D eigenvalue weighted by atomic mass is 35.5. The molecule has 5 heteroatoms. The zero-order chi connectivity index (χ0) is 18.8. The maximum Gasteiger partial charge on any atom is 0.224 e. The number of benzene rings is 1. The molecular formula is C20H29ClN4. The van der Waals surface area contributed by atoms with Crippen LogP contribution < -0.4 is 11.1 Å². The van der Waals surface area contributed by atoms with E-state index in [1.807, 2.05) is 13.8 Å². The summed E-state index contributed by atoms with van der Waals surface area (Å²) in [5.74, 6) is 1.22. The summed E-state index contributed by atoms with van der Waals surface area (Å²) in [6.45, 7) is 10.1. The summed E-state index contributed by atoms with van der Waals surface area (Å²) in [4.78, 5) is 7.56. The molecule has 0 saturated carbocycles. The van der Waals surface area contributed by atoms with Crippen LogP contribution in [0.3, 0.4) is 0 Å². The maximum atomic E-state index is 5.56. The van der Waals surface area contributed by atoms with Crippen molar-refractivity contribution in [2.75, 3.05) is 12.8 Å². The Morgan fingerprint density at radius 3 is 2.52 bits per heavy atom. The minimum absolute atomic E-state index is 0.139. The number of aryl methyl sites for hydroxylation is 1. The van der Waals surface area contributed by atoms with Crippen molar-refractivity contribution < 1.29 is 0 Å². The van der Waals surface area contributed by atoms with Crippen molar-refractivity contribution in [2.24, 2.45) is 5.92 Å². The number of hydrogen-bond acceptors (Lipinski definition) is 4. The average Bonchev–Trinajstić information content (AvgIpc) is 2.63. The van der Waals surface area contributed by atoms with Crippen molar-refractivity contribution in [1.82, 2.24) is 15.3 Å². The van der Waals surface area contributed by atoms with Crippen LogP contribution in [0.4, 0.5) is 5.82 Å². The highest BCUT2D eigenvalue weighted by molar-refractivity contribution is 6.28. The van der Waals surface area contributed by atoms with Crippen LogP contribution in [0.5, 0.6) is 0 Å². The first-order valence-corrected chi connectivity index (χ1v) is 9.11. The Morgan fingerprint density at radius 2 is 1.92 bits per heavy atom. The monoisotopic (exact) mass is 360 g/mol. The lowest BCUT2D eigenvalue weighted by atomic mass is 9.85. The summed E-state index contributed by atoms with van der Waals surface area (Å²) in [5.41, 5.74) is 10.1. The summed E-state index contributed by atoms with van der Waals surface area (Å²) >= 11 is 5.51. The zero-order valence-electron chi connectivity index (χ0n) is 15.6. The van der Waals surface area contributed by atoms with Crippen molar-refractivity contribution in [1.29, 1.82) is 0 Å². The molecule has 0 fully saturated rings. The summed E-state index contributed by atoms with van der Waals surface area (Å²) in [6, 6.07) is 8.83. The number of nitrogens with one attached hydrogen (secondary N) is 1. The molecule has 25 heavy (non-hydrogen) atoms. The number of aromatic nitrogens is 2. The Hall–Kier alpha value is -2.07. The lowest BCUT2D eigenvalue weighted by molar-refractivity contribution is 0.501. The average molecular weight is 361 g/mol. The first-order chi connectivity index (χ1) is 12.0. The van der Waals surface area contributed by atoms with Crippen LogP contribution in [0.25, 0.3) is 5.70 Å². The van der Waals surface area contributed by atoms with Gasteiger partial charge in [0.1, 0.15) is 5.82 Å². The SMILES string of the molecule is C=C(NC)c1cnc(Cl)nc1N.CC.CC1CCc2ccccc2C1. The van der Waals surface area contributed by atoms with E-state index >= 15 is 0 Å². The molecule has 136 valence electrons. The first-order valence-electron chi connectivity index (χ1n) is 8.73. The predicted molar refractivity (Wildman–Crippen MR) is 109 cm³/mol. The van der Waals surface area contributed by atoms with Crippen LogP contribution >= 0.6 is 11.6 Å². The van der Waals surface area contributed by atoms with Gasteiger partial charge < -0.3 is 11.1 Å². The molecule has 4 nitrogen and oxygen atoms in total. The summed E-state index contributed by atoms with van der Waals surface area (Å²) in [7, 11) is 1.75. The van der Waals surface area contributed by atoms with Gasteiger partial charge in [0.05, 0.1) is 5.56 Å². The van der Waals surface area contributed by atoms with E-state index in [4.69, 9.17) is 17.3 Å². The lowest BCUT2D eigenvalue weighted by Gasteiger charge is -2.20.